The lowest BCUT2D eigenvalue weighted by atomic mass is 9.90. The van der Waals surface area contributed by atoms with Crippen molar-refractivity contribution in [2.45, 2.75) is 25.3 Å². The van der Waals surface area contributed by atoms with Crippen LogP contribution in [0.15, 0.2) is 65.7 Å². The Morgan fingerprint density at radius 1 is 1.20 bits per heavy atom. The number of amides is 2. The number of nitrogens with zero attached hydrogens (tertiary/aromatic N) is 6. The van der Waals surface area contributed by atoms with Crippen molar-refractivity contribution >= 4 is 45.4 Å². The second-order valence-electron chi connectivity index (χ2n) is 10.8. The standard InChI is InChI=1S/C29H30ClN9O6S/c1-46(44,45)38-12-2-3-18(16-38)13-24(25-15-23(28(41)35-34-25)19-4-8-22(9-5-19)32-29(42)43)33-27(40)11-6-20-14-21(30)7-10-26(20)39-17-31-36-37-39/h4-11,14-15,17-18,24,32H,2-3,12-13,16H2,1H3,(H,33,40)(H,35,41)(H,42,43)/t18?,24-/m0/s1. The van der Waals surface area contributed by atoms with Crippen LogP contribution in [0, 0.1) is 5.92 Å². The largest absolute Gasteiger partial charge is 0.465 e. The predicted molar refractivity (Wildman–Crippen MR) is 170 cm³/mol. The summed E-state index contributed by atoms with van der Waals surface area (Å²) >= 11 is 6.21. The van der Waals surface area contributed by atoms with Gasteiger partial charge in [0.05, 0.1) is 29.2 Å². The van der Waals surface area contributed by atoms with Crippen LogP contribution in [0.1, 0.15) is 36.6 Å². The average molecular weight is 668 g/mol. The molecule has 17 heteroatoms. The molecule has 46 heavy (non-hydrogen) atoms. The second kappa shape index (κ2) is 14.0. The number of halogens is 1. The van der Waals surface area contributed by atoms with Gasteiger partial charge in [-0.05, 0) is 83.6 Å². The summed E-state index contributed by atoms with van der Waals surface area (Å²) in [7, 11) is -3.40. The van der Waals surface area contributed by atoms with Crippen LogP contribution in [0.3, 0.4) is 0 Å². The molecule has 0 radical (unpaired) electrons. The number of anilines is 1. The molecule has 2 amide bonds. The van der Waals surface area contributed by atoms with Gasteiger partial charge >= 0.3 is 6.09 Å². The third kappa shape index (κ3) is 8.21. The first-order valence-corrected chi connectivity index (χ1v) is 16.4. The van der Waals surface area contributed by atoms with Gasteiger partial charge in [0.15, 0.2) is 0 Å². The van der Waals surface area contributed by atoms with Gasteiger partial charge in [0, 0.05) is 35.4 Å². The summed E-state index contributed by atoms with van der Waals surface area (Å²) in [4.78, 5) is 37.1. The molecule has 4 aromatic rings. The fourth-order valence-electron chi connectivity index (χ4n) is 5.30. The quantitative estimate of drug-likeness (QED) is 0.182. The molecular formula is C29H30ClN9O6S. The molecule has 3 heterocycles. The van der Waals surface area contributed by atoms with E-state index in [4.69, 9.17) is 16.7 Å². The molecule has 4 N–H and O–H groups in total. The highest BCUT2D eigenvalue weighted by atomic mass is 35.5. The number of carbonyl (C=O) groups is 2. The third-order valence-electron chi connectivity index (χ3n) is 7.46. The molecule has 5 rings (SSSR count). The number of H-pyrrole nitrogens is 1. The van der Waals surface area contributed by atoms with Crippen molar-refractivity contribution in [3.05, 3.63) is 87.6 Å². The van der Waals surface area contributed by atoms with Gasteiger partial charge < -0.3 is 10.4 Å². The number of carboxylic acid groups (broad SMARTS) is 1. The van der Waals surface area contributed by atoms with Crippen molar-refractivity contribution in [2.75, 3.05) is 24.7 Å². The summed E-state index contributed by atoms with van der Waals surface area (Å²) in [5.41, 5.74) is 2.13. The molecule has 0 aliphatic carbocycles. The fourth-order valence-corrected chi connectivity index (χ4v) is 6.43. The maximum Gasteiger partial charge on any atom is 0.409 e. The summed E-state index contributed by atoms with van der Waals surface area (Å²) in [6.07, 6.45) is 6.01. The lowest BCUT2D eigenvalue weighted by Gasteiger charge is -2.33. The smallest absolute Gasteiger partial charge is 0.409 e. The minimum absolute atomic E-state index is 0.101. The van der Waals surface area contributed by atoms with E-state index in [0.29, 0.717) is 52.6 Å². The minimum Gasteiger partial charge on any atom is -0.465 e. The number of carbonyl (C=O) groups excluding carboxylic acids is 1. The van der Waals surface area contributed by atoms with Crippen molar-refractivity contribution in [3.63, 3.8) is 0 Å². The zero-order valence-corrected chi connectivity index (χ0v) is 26.1. The first-order valence-electron chi connectivity index (χ1n) is 14.1. The Balaban J connectivity index is 1.44. The van der Waals surface area contributed by atoms with E-state index in [-0.39, 0.29) is 18.0 Å². The number of hydrogen-bond donors (Lipinski definition) is 4. The Morgan fingerprint density at radius 2 is 1.98 bits per heavy atom. The monoisotopic (exact) mass is 667 g/mol. The number of piperidine rings is 1. The average Bonchev–Trinajstić information content (AvgIpc) is 3.55. The molecule has 2 aromatic heterocycles. The first-order chi connectivity index (χ1) is 22.0. The predicted octanol–water partition coefficient (Wildman–Crippen LogP) is 3.09. The molecule has 1 aliphatic rings. The van der Waals surface area contributed by atoms with E-state index in [1.165, 1.54) is 39.8 Å². The molecule has 240 valence electrons. The number of aromatic nitrogens is 6. The summed E-state index contributed by atoms with van der Waals surface area (Å²) in [6, 6.07) is 12.1. The number of rotatable bonds is 10. The van der Waals surface area contributed by atoms with Crippen LogP contribution in [0.4, 0.5) is 10.5 Å². The number of sulfonamides is 1. The molecule has 1 saturated heterocycles. The van der Waals surface area contributed by atoms with Gasteiger partial charge in [0.2, 0.25) is 15.9 Å². The van der Waals surface area contributed by atoms with E-state index in [0.717, 1.165) is 6.42 Å². The zero-order chi connectivity index (χ0) is 32.8. The molecule has 0 spiro atoms. The summed E-state index contributed by atoms with van der Waals surface area (Å²) < 4.78 is 27.4. The Hall–Kier alpha value is -4.93. The van der Waals surface area contributed by atoms with E-state index >= 15 is 0 Å². The first kappa shape index (κ1) is 32.5. The van der Waals surface area contributed by atoms with Crippen LogP contribution in [0.25, 0.3) is 22.9 Å². The van der Waals surface area contributed by atoms with Crippen molar-refractivity contribution in [1.82, 2.24) is 40.0 Å². The van der Waals surface area contributed by atoms with E-state index in [1.807, 2.05) is 0 Å². The molecular weight excluding hydrogens is 638 g/mol. The lowest BCUT2D eigenvalue weighted by Crippen LogP contribution is -2.41. The maximum absolute atomic E-state index is 13.4. The maximum atomic E-state index is 13.4. The number of tetrazole rings is 1. The summed E-state index contributed by atoms with van der Waals surface area (Å²) in [5.74, 6) is -0.572. The Bertz CT molecular complexity index is 1910. The normalized spacial score (nSPS) is 16.3. The minimum atomic E-state index is -3.40. The number of benzene rings is 2. The highest BCUT2D eigenvalue weighted by molar-refractivity contribution is 7.88. The molecule has 1 fully saturated rings. The van der Waals surface area contributed by atoms with E-state index in [1.54, 1.807) is 42.5 Å². The Labute approximate surface area is 268 Å². The van der Waals surface area contributed by atoms with Crippen molar-refractivity contribution < 1.29 is 23.1 Å². The van der Waals surface area contributed by atoms with Gasteiger partial charge in [0.1, 0.15) is 6.33 Å². The van der Waals surface area contributed by atoms with Crippen LogP contribution in [0.5, 0.6) is 0 Å². The second-order valence-corrected chi connectivity index (χ2v) is 13.2. The van der Waals surface area contributed by atoms with Gasteiger partial charge in [-0.15, -0.1) is 5.10 Å². The molecule has 2 aromatic carbocycles. The van der Waals surface area contributed by atoms with Gasteiger partial charge in [-0.25, -0.2) is 22.6 Å². The van der Waals surface area contributed by atoms with Crippen LogP contribution in [-0.4, -0.2) is 79.6 Å². The van der Waals surface area contributed by atoms with Crippen molar-refractivity contribution in [1.29, 1.82) is 0 Å². The molecule has 2 atom stereocenters. The zero-order valence-electron chi connectivity index (χ0n) is 24.5. The van der Waals surface area contributed by atoms with Gasteiger partial charge in [-0.1, -0.05) is 23.7 Å². The molecule has 0 saturated carbocycles. The Morgan fingerprint density at radius 3 is 2.67 bits per heavy atom. The molecule has 0 bridgehead atoms. The van der Waals surface area contributed by atoms with E-state index in [2.05, 4.69) is 36.4 Å². The highest BCUT2D eigenvalue weighted by Crippen LogP contribution is 2.29. The van der Waals surface area contributed by atoms with Crippen LogP contribution < -0.4 is 16.2 Å². The number of nitrogens with one attached hydrogen (secondary N) is 3. The van der Waals surface area contributed by atoms with Crippen LogP contribution in [0.2, 0.25) is 5.02 Å². The lowest BCUT2D eigenvalue weighted by molar-refractivity contribution is -0.117. The van der Waals surface area contributed by atoms with Crippen molar-refractivity contribution in [2.24, 2.45) is 5.92 Å². The Kier molecular flexibility index (Phi) is 9.89. The van der Waals surface area contributed by atoms with Crippen LogP contribution >= 0.6 is 11.6 Å². The summed E-state index contributed by atoms with van der Waals surface area (Å²) in [5, 5.41) is 32.6. The van der Waals surface area contributed by atoms with Gasteiger partial charge in [-0.3, -0.25) is 14.9 Å². The van der Waals surface area contributed by atoms with E-state index in [9.17, 15) is 22.8 Å². The molecule has 1 aliphatic heterocycles. The van der Waals surface area contributed by atoms with Gasteiger partial charge in [-0.2, -0.15) is 9.78 Å². The fraction of sp³-hybridized carbons (Fsp3) is 0.276. The van der Waals surface area contributed by atoms with Gasteiger partial charge in [0.25, 0.3) is 5.56 Å². The third-order valence-corrected chi connectivity index (χ3v) is 8.97. The van der Waals surface area contributed by atoms with Crippen LogP contribution in [-0.2, 0) is 14.8 Å². The van der Waals surface area contributed by atoms with E-state index < -0.39 is 33.6 Å². The summed E-state index contributed by atoms with van der Waals surface area (Å²) in [6.45, 7) is 0.708. The number of aromatic amines is 1. The highest BCUT2D eigenvalue weighted by Gasteiger charge is 2.29. The van der Waals surface area contributed by atoms with Crippen molar-refractivity contribution in [3.8, 4) is 16.8 Å². The number of hydrogen-bond acceptors (Lipinski definition) is 9. The molecule has 15 nitrogen and oxygen atoms in total. The topological polar surface area (TPSA) is 205 Å². The molecule has 1 unspecified atom stereocenters. The SMILES string of the molecule is CS(=O)(=O)N1CCCC(C[C@H](NC(=O)C=Cc2cc(Cl)ccc2-n2cnnn2)c2cc(-c3ccc(NC(=O)O)cc3)c(=O)[nH]n2)C1.